The zero-order valence-corrected chi connectivity index (χ0v) is 15.0. The second-order valence-corrected chi connectivity index (χ2v) is 6.65. The number of aromatic nitrogens is 4. The Balaban J connectivity index is 1.35. The summed E-state index contributed by atoms with van der Waals surface area (Å²) in [6.45, 7) is 0.666. The van der Waals surface area contributed by atoms with E-state index in [1.54, 1.807) is 16.3 Å². The molecule has 25 heavy (non-hydrogen) atoms. The Bertz CT molecular complexity index is 831. The summed E-state index contributed by atoms with van der Waals surface area (Å²) in [6, 6.07) is 8.37. The minimum Gasteiger partial charge on any atom is -0.356 e. The van der Waals surface area contributed by atoms with Crippen LogP contribution in [0.25, 0.3) is 5.78 Å². The third-order valence-electron chi connectivity index (χ3n) is 3.95. The smallest absolute Gasteiger partial charge is 0.252 e. The van der Waals surface area contributed by atoms with Crippen molar-refractivity contribution in [2.75, 3.05) is 12.8 Å². The van der Waals surface area contributed by atoms with Crippen molar-refractivity contribution in [3.63, 3.8) is 0 Å². The first kappa shape index (κ1) is 17.4. The van der Waals surface area contributed by atoms with Crippen LogP contribution >= 0.6 is 11.8 Å². The number of hydrogen-bond acceptors (Lipinski definition) is 5. The summed E-state index contributed by atoms with van der Waals surface area (Å²) < 4.78 is 1.66. The lowest BCUT2D eigenvalue weighted by molar-refractivity contribution is -0.121. The maximum atomic E-state index is 11.9. The van der Waals surface area contributed by atoms with E-state index >= 15 is 0 Å². The Morgan fingerprint density at radius 3 is 2.80 bits per heavy atom. The van der Waals surface area contributed by atoms with Crippen molar-refractivity contribution in [2.24, 2.45) is 0 Å². The first-order chi connectivity index (χ1) is 12.2. The normalized spacial score (nSPS) is 10.9. The van der Waals surface area contributed by atoms with E-state index in [9.17, 15) is 4.79 Å². The van der Waals surface area contributed by atoms with Gasteiger partial charge >= 0.3 is 0 Å². The van der Waals surface area contributed by atoms with Crippen molar-refractivity contribution in [3.05, 3.63) is 54.1 Å². The van der Waals surface area contributed by atoms with Crippen LogP contribution in [-0.2, 0) is 17.6 Å². The minimum absolute atomic E-state index is 0.0961. The van der Waals surface area contributed by atoms with Crippen LogP contribution < -0.4 is 5.32 Å². The molecule has 0 aliphatic heterocycles. The molecule has 0 unspecified atom stereocenters. The van der Waals surface area contributed by atoms with Gasteiger partial charge in [0.25, 0.3) is 5.78 Å². The lowest BCUT2D eigenvalue weighted by Crippen LogP contribution is -2.25. The standard InChI is InChI=1S/C18H21N5OS/c1-25-16-7-4-14(5-8-16)6-9-17(24)19-10-2-3-15-11-20-18-21-13-22-23(18)12-15/h4-5,7-8,11-13H,2-3,6,9-10H2,1H3,(H,19,24). The molecule has 7 heteroatoms. The molecule has 0 radical (unpaired) electrons. The first-order valence-corrected chi connectivity index (χ1v) is 9.51. The Kier molecular flexibility index (Phi) is 6.00. The number of nitrogens with one attached hydrogen (secondary N) is 1. The molecule has 1 N–H and O–H groups in total. The van der Waals surface area contributed by atoms with Crippen molar-refractivity contribution in [1.29, 1.82) is 0 Å². The largest absolute Gasteiger partial charge is 0.356 e. The van der Waals surface area contributed by atoms with Gasteiger partial charge < -0.3 is 5.32 Å². The van der Waals surface area contributed by atoms with Crippen molar-refractivity contribution in [1.82, 2.24) is 24.9 Å². The van der Waals surface area contributed by atoms with Gasteiger partial charge in [-0.05, 0) is 48.8 Å². The lowest BCUT2D eigenvalue weighted by Gasteiger charge is -2.06. The van der Waals surface area contributed by atoms with Crippen LogP contribution in [0.4, 0.5) is 0 Å². The van der Waals surface area contributed by atoms with Gasteiger partial charge in [0, 0.05) is 30.3 Å². The Morgan fingerprint density at radius 1 is 1.16 bits per heavy atom. The summed E-state index contributed by atoms with van der Waals surface area (Å²) in [7, 11) is 0. The fourth-order valence-electron chi connectivity index (χ4n) is 2.55. The molecule has 0 saturated carbocycles. The highest BCUT2D eigenvalue weighted by Crippen LogP contribution is 2.15. The summed E-state index contributed by atoms with van der Waals surface area (Å²) in [4.78, 5) is 21.4. The van der Waals surface area contributed by atoms with Gasteiger partial charge in [0.2, 0.25) is 5.91 Å². The van der Waals surface area contributed by atoms with Crippen LogP contribution in [0.15, 0.2) is 47.9 Å². The second kappa shape index (κ2) is 8.62. The monoisotopic (exact) mass is 355 g/mol. The van der Waals surface area contributed by atoms with Crippen molar-refractivity contribution in [2.45, 2.75) is 30.6 Å². The lowest BCUT2D eigenvalue weighted by atomic mass is 10.1. The summed E-state index contributed by atoms with van der Waals surface area (Å²) in [5.41, 5.74) is 2.28. The summed E-state index contributed by atoms with van der Waals surface area (Å²) in [5, 5.41) is 7.05. The van der Waals surface area contributed by atoms with Gasteiger partial charge in [-0.2, -0.15) is 10.1 Å². The molecule has 3 rings (SSSR count). The fourth-order valence-corrected chi connectivity index (χ4v) is 2.95. The van der Waals surface area contributed by atoms with Crippen molar-refractivity contribution < 1.29 is 4.79 Å². The fraction of sp³-hybridized carbons (Fsp3) is 0.333. The van der Waals surface area contributed by atoms with Gasteiger partial charge in [-0.25, -0.2) is 9.50 Å². The van der Waals surface area contributed by atoms with Crippen LogP contribution in [0.1, 0.15) is 24.0 Å². The summed E-state index contributed by atoms with van der Waals surface area (Å²) in [5.74, 6) is 0.696. The van der Waals surface area contributed by atoms with E-state index in [0.29, 0.717) is 18.7 Å². The molecule has 6 nitrogen and oxygen atoms in total. The van der Waals surface area contributed by atoms with E-state index in [1.807, 2.05) is 12.4 Å². The number of nitrogens with zero attached hydrogens (tertiary/aromatic N) is 4. The molecule has 1 amide bonds. The van der Waals surface area contributed by atoms with Crippen molar-refractivity contribution >= 4 is 23.4 Å². The first-order valence-electron chi connectivity index (χ1n) is 8.28. The van der Waals surface area contributed by atoms with E-state index in [2.05, 4.69) is 50.9 Å². The molecule has 0 aliphatic carbocycles. The maximum Gasteiger partial charge on any atom is 0.252 e. The molecule has 1 aromatic carbocycles. The number of thioether (sulfide) groups is 1. The quantitative estimate of drug-likeness (QED) is 0.497. The Hall–Kier alpha value is -2.41. The van der Waals surface area contributed by atoms with E-state index in [1.165, 1.54) is 16.8 Å². The van der Waals surface area contributed by atoms with E-state index in [-0.39, 0.29) is 5.91 Å². The number of benzene rings is 1. The van der Waals surface area contributed by atoms with Crippen LogP contribution in [0.2, 0.25) is 0 Å². The number of aryl methyl sites for hydroxylation is 2. The second-order valence-electron chi connectivity index (χ2n) is 5.77. The molecular weight excluding hydrogens is 334 g/mol. The Morgan fingerprint density at radius 2 is 2.00 bits per heavy atom. The zero-order chi connectivity index (χ0) is 17.5. The highest BCUT2D eigenvalue weighted by molar-refractivity contribution is 7.98. The summed E-state index contributed by atoms with van der Waals surface area (Å²) in [6.07, 6.45) is 10.3. The van der Waals surface area contributed by atoms with Gasteiger partial charge in [-0.3, -0.25) is 4.79 Å². The molecule has 0 fully saturated rings. The number of rotatable bonds is 8. The number of fused-ring (bicyclic) bond motifs is 1. The molecule has 130 valence electrons. The predicted molar refractivity (Wildman–Crippen MR) is 98.7 cm³/mol. The third kappa shape index (κ3) is 5.03. The Labute approximate surface area is 151 Å². The maximum absolute atomic E-state index is 11.9. The average Bonchev–Trinajstić information content (AvgIpc) is 3.12. The molecule has 2 heterocycles. The van der Waals surface area contributed by atoms with Crippen LogP contribution in [-0.4, -0.2) is 38.3 Å². The molecular formula is C18H21N5OS. The molecule has 0 saturated heterocycles. The summed E-state index contributed by atoms with van der Waals surface area (Å²) >= 11 is 1.72. The van der Waals surface area contributed by atoms with Crippen LogP contribution in [0, 0.1) is 0 Å². The average molecular weight is 355 g/mol. The molecule has 0 bridgehead atoms. The number of carbonyl (C=O) groups excluding carboxylic acids is 1. The molecule has 0 spiro atoms. The van der Waals surface area contributed by atoms with E-state index < -0.39 is 0 Å². The van der Waals surface area contributed by atoms with Crippen LogP contribution in [0.5, 0.6) is 0 Å². The highest BCUT2D eigenvalue weighted by atomic mass is 32.2. The number of amides is 1. The van der Waals surface area contributed by atoms with Crippen LogP contribution in [0.3, 0.4) is 0 Å². The van der Waals surface area contributed by atoms with Crippen molar-refractivity contribution in [3.8, 4) is 0 Å². The third-order valence-corrected chi connectivity index (χ3v) is 4.70. The number of carbonyl (C=O) groups is 1. The molecule has 0 atom stereocenters. The minimum atomic E-state index is 0.0961. The zero-order valence-electron chi connectivity index (χ0n) is 14.2. The molecule has 0 aliphatic rings. The molecule has 3 aromatic rings. The predicted octanol–water partition coefficient (Wildman–Crippen LogP) is 2.53. The van der Waals surface area contributed by atoms with Gasteiger partial charge in [0.05, 0.1) is 0 Å². The molecule has 2 aromatic heterocycles. The van der Waals surface area contributed by atoms with Gasteiger partial charge in [0.15, 0.2) is 0 Å². The number of hydrogen-bond donors (Lipinski definition) is 1. The van der Waals surface area contributed by atoms with Gasteiger partial charge in [-0.1, -0.05) is 12.1 Å². The van der Waals surface area contributed by atoms with E-state index in [4.69, 9.17) is 0 Å². The highest BCUT2D eigenvalue weighted by Gasteiger charge is 2.03. The van der Waals surface area contributed by atoms with Gasteiger partial charge in [0.1, 0.15) is 6.33 Å². The SMILES string of the molecule is CSc1ccc(CCC(=O)NCCCc2cnc3ncnn3c2)cc1. The topological polar surface area (TPSA) is 72.2 Å². The van der Waals surface area contributed by atoms with Gasteiger partial charge in [-0.15, -0.1) is 11.8 Å². The van der Waals surface area contributed by atoms with E-state index in [0.717, 1.165) is 24.8 Å².